The summed E-state index contributed by atoms with van der Waals surface area (Å²) >= 11 is 0. The maximum absolute atomic E-state index is 8.27. The molecule has 0 amide bonds. The predicted molar refractivity (Wildman–Crippen MR) is 67.1 cm³/mol. The van der Waals surface area contributed by atoms with Crippen molar-refractivity contribution in [2.45, 2.75) is 6.37 Å². The van der Waals surface area contributed by atoms with Crippen molar-refractivity contribution < 1.29 is 17.1 Å². The molecule has 0 aliphatic rings. The molecule has 3 heteroatoms. The molecule has 1 unspecified atom stereocenters. The number of hydrogen-bond acceptors (Lipinski definition) is 2. The fourth-order valence-corrected chi connectivity index (χ4v) is 1.48. The van der Waals surface area contributed by atoms with Crippen LogP contribution in [0.2, 0.25) is 0 Å². The van der Waals surface area contributed by atoms with E-state index in [-0.39, 0.29) is 10.5 Å². The van der Waals surface area contributed by atoms with Crippen LogP contribution in [0.4, 0.5) is 0 Å². The second-order valence-electron chi connectivity index (χ2n) is 3.26. The molecule has 0 aliphatic heterocycles. The Morgan fingerprint density at radius 3 is 3.12 bits per heavy atom. The van der Waals surface area contributed by atoms with E-state index in [4.69, 9.17) is 17.1 Å². The Balaban J connectivity index is 2.56. The number of aryl methyl sites for hydroxylation is 1. The van der Waals surface area contributed by atoms with Crippen LogP contribution in [0.25, 0.3) is 10.9 Å². The number of likely N-dealkylation sites (N-methyl/N-ethyl adjacent to an activating group) is 1. The van der Waals surface area contributed by atoms with Crippen molar-refractivity contribution in [1.29, 1.82) is 0 Å². The normalized spacial score (nSPS) is 24.0. The Morgan fingerprint density at radius 2 is 2.38 bits per heavy atom. The second-order valence-corrected chi connectivity index (χ2v) is 3.26. The van der Waals surface area contributed by atoms with E-state index in [1.165, 1.54) is 13.3 Å². The molecule has 0 saturated carbocycles. The van der Waals surface area contributed by atoms with Gasteiger partial charge in [0.2, 0.25) is 0 Å². The smallest absolute Gasteiger partial charge is 0.119 e. The minimum atomic E-state index is -3.16. The number of fused-ring (bicyclic) bond motifs is 1. The highest BCUT2D eigenvalue weighted by Gasteiger charge is 2.05. The number of H-pyrrole nitrogens is 1. The topological polar surface area (TPSA) is 28.3 Å². The van der Waals surface area contributed by atoms with E-state index in [0.717, 1.165) is 0 Å². The molecule has 0 fully saturated rings. The van der Waals surface area contributed by atoms with Crippen LogP contribution in [0.1, 0.15) is 17.9 Å². The zero-order valence-corrected chi connectivity index (χ0v) is 8.74. The number of nitrogens with one attached hydrogen (secondary N) is 1. The summed E-state index contributed by atoms with van der Waals surface area (Å²) in [4.78, 5) is 2.77. The van der Waals surface area contributed by atoms with Gasteiger partial charge in [-0.2, -0.15) is 0 Å². The van der Waals surface area contributed by atoms with E-state index >= 15 is 0 Å². The van der Waals surface area contributed by atoms with Gasteiger partial charge in [0.05, 0.1) is 7.11 Å². The van der Waals surface area contributed by atoms with E-state index < -0.39 is 26.8 Å². The highest BCUT2D eigenvalue weighted by atomic mass is 16.5. The summed E-state index contributed by atoms with van der Waals surface area (Å²) in [6.45, 7) is -8.50. The first kappa shape index (κ1) is 4.41. The molecular weight excluding hydrogens is 200 g/mol. The summed E-state index contributed by atoms with van der Waals surface area (Å²) in [5.41, 5.74) is 0.543. The number of aromatic nitrogens is 1. The predicted octanol–water partition coefficient (Wildman–Crippen LogP) is 2.28. The van der Waals surface area contributed by atoms with Gasteiger partial charge in [-0.3, -0.25) is 0 Å². The number of benzene rings is 1. The number of ether oxygens (including phenoxy) is 1. The van der Waals surface area contributed by atoms with Crippen LogP contribution in [-0.4, -0.2) is 37.5 Å². The van der Waals surface area contributed by atoms with E-state index in [1.54, 1.807) is 18.2 Å². The maximum atomic E-state index is 8.27. The molecule has 0 radical (unpaired) electrons. The van der Waals surface area contributed by atoms with E-state index in [1.807, 2.05) is 0 Å². The van der Waals surface area contributed by atoms with Crippen molar-refractivity contribution >= 4 is 10.9 Å². The summed E-state index contributed by atoms with van der Waals surface area (Å²) in [5.74, 6) is 0.453. The van der Waals surface area contributed by atoms with Gasteiger partial charge >= 0.3 is 0 Å². The third-order valence-corrected chi connectivity index (χ3v) is 2.24. The molecule has 2 rings (SSSR count). The number of nitrogens with zero attached hydrogens (tertiary/aromatic N) is 1. The van der Waals surface area contributed by atoms with Crippen molar-refractivity contribution in [2.75, 3.05) is 27.6 Å². The Bertz CT molecular complexity index is 736. The van der Waals surface area contributed by atoms with E-state index in [2.05, 4.69) is 4.98 Å². The molecule has 0 saturated heterocycles. The molecule has 86 valence electrons. The van der Waals surface area contributed by atoms with Gasteiger partial charge in [0.25, 0.3) is 0 Å². The molecule has 1 heterocycles. The maximum Gasteiger partial charge on any atom is 0.119 e. The fourth-order valence-electron chi connectivity index (χ4n) is 1.48. The van der Waals surface area contributed by atoms with Crippen LogP contribution >= 0.6 is 0 Å². The first-order valence-corrected chi connectivity index (χ1v) is 4.67. The van der Waals surface area contributed by atoms with E-state index in [9.17, 15) is 0 Å². The van der Waals surface area contributed by atoms with Crippen molar-refractivity contribution in [2.24, 2.45) is 0 Å². The van der Waals surface area contributed by atoms with Crippen LogP contribution in [0, 0.1) is 0 Å². The fraction of sp³-hybridized carbons (Fsp3) is 0.385. The Kier molecular flexibility index (Phi) is 1.26. The molecule has 1 N–H and O–H groups in total. The third-order valence-electron chi connectivity index (χ3n) is 2.24. The quantitative estimate of drug-likeness (QED) is 0.868. The van der Waals surface area contributed by atoms with Gasteiger partial charge in [0.1, 0.15) is 5.75 Å². The van der Waals surface area contributed by atoms with Crippen molar-refractivity contribution in [1.82, 2.24) is 9.88 Å². The zero-order valence-electron chi connectivity index (χ0n) is 17.7. The minimum absolute atomic E-state index is 0.0140. The van der Waals surface area contributed by atoms with Crippen molar-refractivity contribution in [3.8, 4) is 5.75 Å². The largest absolute Gasteiger partial charge is 0.497 e. The highest BCUT2D eigenvalue weighted by Crippen LogP contribution is 2.23. The lowest BCUT2D eigenvalue weighted by atomic mass is 10.1. The monoisotopic (exact) mass is 227 g/mol. The molecule has 1 atom stereocenters. The van der Waals surface area contributed by atoms with Crippen molar-refractivity contribution in [3.05, 3.63) is 30.0 Å². The number of rotatable bonds is 4. The Hall–Kier alpha value is -1.48. The number of hydrogen-bond donors (Lipinski definition) is 1. The molecule has 1 aromatic carbocycles. The molecule has 0 aliphatic carbocycles. The lowest BCUT2D eigenvalue weighted by Crippen LogP contribution is -2.14. The lowest BCUT2D eigenvalue weighted by Gasteiger charge is -2.08. The summed E-state index contributed by atoms with van der Waals surface area (Å²) in [5, 5.41) is 0.387. The first-order valence-electron chi connectivity index (χ1n) is 9.25. The zero-order chi connectivity index (χ0) is 19.2. The number of aromatic amines is 1. The van der Waals surface area contributed by atoms with Crippen LogP contribution < -0.4 is 4.74 Å². The lowest BCUT2D eigenvalue weighted by molar-refractivity contribution is 0.413. The van der Waals surface area contributed by atoms with Crippen molar-refractivity contribution in [3.63, 3.8) is 0 Å². The average Bonchev–Trinajstić information content (AvgIpc) is 2.87. The molecule has 1 aromatic heterocycles. The molecule has 3 nitrogen and oxygen atoms in total. The van der Waals surface area contributed by atoms with Crippen LogP contribution in [-0.2, 0) is 6.37 Å². The Labute approximate surface area is 109 Å². The van der Waals surface area contributed by atoms with Gasteiger partial charge in [-0.05, 0) is 44.1 Å². The molecule has 0 bridgehead atoms. The van der Waals surface area contributed by atoms with Gasteiger partial charge < -0.3 is 14.6 Å². The third kappa shape index (κ3) is 2.19. The molecular formula is C13H18N2O. The molecule has 16 heavy (non-hydrogen) atoms. The Morgan fingerprint density at radius 1 is 1.50 bits per heavy atom. The van der Waals surface area contributed by atoms with Crippen LogP contribution in [0.15, 0.2) is 24.4 Å². The summed E-state index contributed by atoms with van der Waals surface area (Å²) in [6.07, 6.45) is -1.27. The van der Waals surface area contributed by atoms with Gasteiger partial charge in [-0.15, -0.1) is 0 Å². The van der Waals surface area contributed by atoms with E-state index in [0.29, 0.717) is 16.7 Å². The SMILES string of the molecule is [2H]C(N(C([2H])([2H])[2H])C([2H])([2H])[2H])C([2H])([2H])c1c[nH]c2ccc(OC)cc12. The summed E-state index contributed by atoms with van der Waals surface area (Å²) < 4.78 is 74.1. The summed E-state index contributed by atoms with van der Waals surface area (Å²) in [7, 11) is 1.44. The standard InChI is InChI=1S/C13H18N2O/c1-15(2)7-6-10-9-14-13-5-4-11(16-3)8-12(10)13/h4-5,8-9,14H,6-7H2,1-3H3/i1D3,2D3,6D2,7D. The number of methoxy groups -OCH3 is 1. The summed E-state index contributed by atoms with van der Waals surface area (Å²) in [6, 6.07) is 4.85. The van der Waals surface area contributed by atoms with Crippen LogP contribution in [0.3, 0.4) is 0 Å². The van der Waals surface area contributed by atoms with Gasteiger partial charge in [-0.1, -0.05) is 0 Å². The minimum Gasteiger partial charge on any atom is -0.497 e. The van der Waals surface area contributed by atoms with Gasteiger partial charge in [-0.25, -0.2) is 0 Å². The first-order chi connectivity index (χ1) is 11.3. The molecule has 0 spiro atoms. The second kappa shape index (κ2) is 4.58. The average molecular weight is 227 g/mol. The van der Waals surface area contributed by atoms with Crippen LogP contribution in [0.5, 0.6) is 5.75 Å². The highest BCUT2D eigenvalue weighted by molar-refractivity contribution is 5.84. The van der Waals surface area contributed by atoms with Gasteiger partial charge in [0.15, 0.2) is 0 Å². The van der Waals surface area contributed by atoms with Gasteiger partial charge in [0, 0.05) is 36.0 Å². The molecule has 2 aromatic rings.